The lowest BCUT2D eigenvalue weighted by Crippen LogP contribution is -2.31. The molecule has 0 unspecified atom stereocenters. The first-order valence-electron chi connectivity index (χ1n) is 2.82. The topological polar surface area (TPSA) is 69.9 Å². The highest BCUT2D eigenvalue weighted by molar-refractivity contribution is 4.82. The number of hydrogen-bond acceptors (Lipinski definition) is 4. The van der Waals surface area contributed by atoms with Gasteiger partial charge in [0.05, 0.1) is 6.10 Å². The van der Waals surface area contributed by atoms with Crippen LogP contribution in [0.3, 0.4) is 0 Å². The molecule has 1 saturated heterocycles. The molecule has 3 N–H and O–H groups in total. The average molecular weight is 134 g/mol. The van der Waals surface area contributed by atoms with E-state index in [0.29, 0.717) is 0 Å². The van der Waals surface area contributed by atoms with Crippen LogP contribution in [0.1, 0.15) is 6.92 Å². The molecule has 0 spiro atoms. The summed E-state index contributed by atoms with van der Waals surface area (Å²) in [5.41, 5.74) is 0. The van der Waals surface area contributed by atoms with Gasteiger partial charge in [0.15, 0.2) is 6.29 Å². The molecular formula is C5H10O4. The maximum absolute atomic E-state index is 8.90. The van der Waals surface area contributed by atoms with Crippen molar-refractivity contribution in [2.75, 3.05) is 0 Å². The van der Waals surface area contributed by atoms with Crippen LogP contribution < -0.4 is 0 Å². The second-order valence-corrected chi connectivity index (χ2v) is 2.21. The van der Waals surface area contributed by atoms with Gasteiger partial charge in [-0.2, -0.15) is 0 Å². The zero-order valence-corrected chi connectivity index (χ0v) is 5.06. The summed E-state index contributed by atoms with van der Waals surface area (Å²) in [5, 5.41) is 26.4. The van der Waals surface area contributed by atoms with E-state index in [1.807, 2.05) is 0 Å². The molecule has 0 aromatic rings. The minimum absolute atomic E-state index is 0.477. The Morgan fingerprint density at radius 2 is 1.67 bits per heavy atom. The second kappa shape index (κ2) is 2.22. The minimum atomic E-state index is -1.23. The van der Waals surface area contributed by atoms with Gasteiger partial charge in [-0.05, 0) is 6.92 Å². The zero-order chi connectivity index (χ0) is 7.02. The SMILES string of the molecule is C[C@H]1O[C@@H](O)[C@@H](O)[C@H]1O. The Labute approximate surface area is 52.7 Å². The van der Waals surface area contributed by atoms with Crippen molar-refractivity contribution in [2.45, 2.75) is 31.5 Å². The fourth-order valence-electron chi connectivity index (χ4n) is 0.827. The molecule has 4 atom stereocenters. The summed E-state index contributed by atoms with van der Waals surface area (Å²) < 4.78 is 4.64. The molecule has 9 heavy (non-hydrogen) atoms. The molecule has 0 bridgehead atoms. The first kappa shape index (κ1) is 6.95. The van der Waals surface area contributed by atoms with Gasteiger partial charge in [0.2, 0.25) is 0 Å². The van der Waals surface area contributed by atoms with Crippen LogP contribution in [0.15, 0.2) is 0 Å². The summed E-state index contributed by atoms with van der Waals surface area (Å²) >= 11 is 0. The number of rotatable bonds is 0. The zero-order valence-electron chi connectivity index (χ0n) is 5.06. The quantitative estimate of drug-likeness (QED) is 0.375. The van der Waals surface area contributed by atoms with E-state index >= 15 is 0 Å². The number of ether oxygens (including phenoxy) is 1. The molecule has 0 aliphatic carbocycles. The van der Waals surface area contributed by atoms with E-state index in [9.17, 15) is 0 Å². The summed E-state index contributed by atoms with van der Waals surface area (Å²) in [7, 11) is 0. The van der Waals surface area contributed by atoms with Crippen LogP contribution in [0.25, 0.3) is 0 Å². The van der Waals surface area contributed by atoms with Crippen LogP contribution in [0.2, 0.25) is 0 Å². The molecule has 1 heterocycles. The lowest BCUT2D eigenvalue weighted by molar-refractivity contribution is -0.124. The van der Waals surface area contributed by atoms with Gasteiger partial charge in [0, 0.05) is 0 Å². The molecule has 0 amide bonds. The van der Waals surface area contributed by atoms with E-state index in [1.54, 1.807) is 6.92 Å². The molecule has 4 heteroatoms. The Hall–Kier alpha value is -0.160. The summed E-state index contributed by atoms with van der Waals surface area (Å²) in [5.74, 6) is 0. The predicted octanol–water partition coefficient (Wildman–Crippen LogP) is -1.55. The third kappa shape index (κ3) is 1.07. The molecular weight excluding hydrogens is 124 g/mol. The van der Waals surface area contributed by atoms with Gasteiger partial charge in [-0.25, -0.2) is 0 Å². The molecule has 0 saturated carbocycles. The Morgan fingerprint density at radius 3 is 1.78 bits per heavy atom. The monoisotopic (exact) mass is 134 g/mol. The van der Waals surface area contributed by atoms with Crippen LogP contribution in [-0.2, 0) is 4.74 Å². The van der Waals surface area contributed by atoms with Gasteiger partial charge >= 0.3 is 0 Å². The molecule has 0 aromatic heterocycles. The number of aliphatic hydroxyl groups is 3. The number of hydrogen-bond donors (Lipinski definition) is 3. The molecule has 0 aromatic carbocycles. The van der Waals surface area contributed by atoms with Crippen molar-refractivity contribution in [1.82, 2.24) is 0 Å². The van der Waals surface area contributed by atoms with E-state index in [0.717, 1.165) is 0 Å². The van der Waals surface area contributed by atoms with Crippen molar-refractivity contribution in [3.05, 3.63) is 0 Å². The Bertz CT molecular complexity index is 93.1. The maximum Gasteiger partial charge on any atom is 0.183 e. The molecule has 4 nitrogen and oxygen atoms in total. The summed E-state index contributed by atoms with van der Waals surface area (Å²) in [4.78, 5) is 0. The van der Waals surface area contributed by atoms with Gasteiger partial charge in [-0.3, -0.25) is 0 Å². The third-order valence-electron chi connectivity index (χ3n) is 1.48. The van der Waals surface area contributed by atoms with Crippen molar-refractivity contribution in [3.8, 4) is 0 Å². The normalized spacial score (nSPS) is 52.0. The summed E-state index contributed by atoms with van der Waals surface area (Å²) in [6.45, 7) is 1.59. The van der Waals surface area contributed by atoms with Crippen LogP contribution in [-0.4, -0.2) is 39.9 Å². The fraction of sp³-hybridized carbons (Fsp3) is 1.00. The smallest absolute Gasteiger partial charge is 0.183 e. The van der Waals surface area contributed by atoms with Gasteiger partial charge < -0.3 is 20.1 Å². The van der Waals surface area contributed by atoms with E-state index in [4.69, 9.17) is 15.3 Å². The van der Waals surface area contributed by atoms with Gasteiger partial charge in [-0.15, -0.1) is 0 Å². The van der Waals surface area contributed by atoms with Crippen molar-refractivity contribution in [2.24, 2.45) is 0 Å². The lowest BCUT2D eigenvalue weighted by atomic mass is 10.2. The van der Waals surface area contributed by atoms with Crippen LogP contribution >= 0.6 is 0 Å². The van der Waals surface area contributed by atoms with E-state index in [1.165, 1.54) is 0 Å². The summed E-state index contributed by atoms with van der Waals surface area (Å²) in [6.07, 6.45) is -3.81. The van der Waals surface area contributed by atoms with Gasteiger partial charge in [0.25, 0.3) is 0 Å². The van der Waals surface area contributed by atoms with E-state index < -0.39 is 24.6 Å². The highest BCUT2D eigenvalue weighted by Gasteiger charge is 2.38. The van der Waals surface area contributed by atoms with Crippen LogP contribution in [0.4, 0.5) is 0 Å². The molecule has 1 fully saturated rings. The molecule has 54 valence electrons. The molecule has 1 rings (SSSR count). The van der Waals surface area contributed by atoms with Gasteiger partial charge in [-0.1, -0.05) is 0 Å². The molecule has 0 radical (unpaired) electrons. The predicted molar refractivity (Wildman–Crippen MR) is 28.6 cm³/mol. The Kier molecular flexibility index (Phi) is 1.72. The molecule has 1 aliphatic heterocycles. The molecule has 1 aliphatic rings. The fourth-order valence-corrected chi connectivity index (χ4v) is 0.827. The maximum atomic E-state index is 8.90. The summed E-state index contributed by atoms with van der Waals surface area (Å²) in [6, 6.07) is 0. The Balaban J connectivity index is 2.54. The van der Waals surface area contributed by atoms with E-state index in [-0.39, 0.29) is 0 Å². The van der Waals surface area contributed by atoms with Crippen LogP contribution in [0, 0.1) is 0 Å². The highest BCUT2D eigenvalue weighted by Crippen LogP contribution is 2.18. The largest absolute Gasteiger partial charge is 0.388 e. The van der Waals surface area contributed by atoms with Crippen molar-refractivity contribution < 1.29 is 20.1 Å². The average Bonchev–Trinajstić information content (AvgIpc) is 1.98. The van der Waals surface area contributed by atoms with Crippen molar-refractivity contribution >= 4 is 0 Å². The first-order chi connectivity index (χ1) is 4.13. The third-order valence-corrected chi connectivity index (χ3v) is 1.48. The minimum Gasteiger partial charge on any atom is -0.388 e. The van der Waals surface area contributed by atoms with E-state index in [2.05, 4.69) is 4.74 Å². The Morgan fingerprint density at radius 1 is 1.11 bits per heavy atom. The van der Waals surface area contributed by atoms with Crippen molar-refractivity contribution in [3.63, 3.8) is 0 Å². The van der Waals surface area contributed by atoms with Gasteiger partial charge in [0.1, 0.15) is 12.2 Å². The number of aliphatic hydroxyl groups excluding tert-OH is 3. The first-order valence-corrected chi connectivity index (χ1v) is 2.82. The highest BCUT2D eigenvalue weighted by atomic mass is 16.6. The lowest BCUT2D eigenvalue weighted by Gasteiger charge is -2.07. The van der Waals surface area contributed by atoms with Crippen LogP contribution in [0.5, 0.6) is 0 Å². The standard InChI is InChI=1S/C5H10O4/c1-2-3(6)4(7)5(8)9-2/h2-8H,1H3/t2-,3+,4+,5-/m1/s1. The second-order valence-electron chi connectivity index (χ2n) is 2.21. The van der Waals surface area contributed by atoms with Crippen molar-refractivity contribution in [1.29, 1.82) is 0 Å².